The molecule has 2 aromatic carbocycles. The zero-order valence-electron chi connectivity index (χ0n) is 16.1. The highest BCUT2D eigenvalue weighted by molar-refractivity contribution is 6.42. The summed E-state index contributed by atoms with van der Waals surface area (Å²) in [4.78, 5) is 24.7. The van der Waals surface area contributed by atoms with Crippen molar-refractivity contribution < 1.29 is 19.1 Å². The second-order valence-electron chi connectivity index (χ2n) is 7.00. The zero-order valence-corrected chi connectivity index (χ0v) is 17.6. The molecular formula is C21H22Cl2N2O4. The van der Waals surface area contributed by atoms with E-state index in [0.29, 0.717) is 35.3 Å². The summed E-state index contributed by atoms with van der Waals surface area (Å²) in [5, 5.41) is 6.20. The number of fused-ring (bicyclic) bond motifs is 1. The number of amides is 2. The average molecular weight is 437 g/mol. The van der Waals surface area contributed by atoms with Gasteiger partial charge in [0, 0.05) is 5.56 Å². The number of hydrogen-bond acceptors (Lipinski definition) is 4. The molecule has 1 atom stereocenters. The van der Waals surface area contributed by atoms with Crippen molar-refractivity contribution in [3.8, 4) is 11.5 Å². The van der Waals surface area contributed by atoms with E-state index in [0.717, 1.165) is 5.56 Å². The van der Waals surface area contributed by atoms with Crippen LogP contribution in [0.4, 0.5) is 0 Å². The quantitative estimate of drug-likeness (QED) is 0.716. The Morgan fingerprint density at radius 3 is 2.41 bits per heavy atom. The van der Waals surface area contributed by atoms with Crippen LogP contribution in [0.2, 0.25) is 10.0 Å². The summed E-state index contributed by atoms with van der Waals surface area (Å²) in [6, 6.07) is 9.95. The molecule has 2 amide bonds. The van der Waals surface area contributed by atoms with Crippen LogP contribution in [-0.4, -0.2) is 31.6 Å². The summed E-state index contributed by atoms with van der Waals surface area (Å²) >= 11 is 11.8. The zero-order chi connectivity index (χ0) is 21.0. The lowest BCUT2D eigenvalue weighted by Gasteiger charge is -2.25. The van der Waals surface area contributed by atoms with E-state index in [-0.39, 0.29) is 29.4 Å². The first-order valence-electron chi connectivity index (χ1n) is 9.27. The molecule has 0 saturated heterocycles. The van der Waals surface area contributed by atoms with Gasteiger partial charge in [0.2, 0.25) is 5.91 Å². The van der Waals surface area contributed by atoms with Crippen LogP contribution < -0.4 is 20.1 Å². The molecule has 3 rings (SSSR count). The van der Waals surface area contributed by atoms with Crippen molar-refractivity contribution in [1.82, 2.24) is 10.6 Å². The van der Waals surface area contributed by atoms with Crippen LogP contribution in [0, 0.1) is 5.92 Å². The van der Waals surface area contributed by atoms with E-state index in [2.05, 4.69) is 10.6 Å². The Labute approximate surface area is 179 Å². The molecule has 0 fully saturated rings. The highest BCUT2D eigenvalue weighted by Crippen LogP contribution is 2.34. The fourth-order valence-corrected chi connectivity index (χ4v) is 3.31. The van der Waals surface area contributed by atoms with Crippen molar-refractivity contribution in [3.05, 3.63) is 57.6 Å². The molecular weight excluding hydrogens is 415 g/mol. The minimum Gasteiger partial charge on any atom is -0.486 e. The number of carbonyl (C=O) groups is 2. The molecule has 0 radical (unpaired) electrons. The van der Waals surface area contributed by atoms with Crippen molar-refractivity contribution in [2.45, 2.75) is 19.9 Å². The standard InChI is InChI=1S/C21H22Cl2N2O4/c1-12(2)20(13-4-6-17-18(10-13)29-8-7-28-17)25-19(26)11-24-21(27)14-3-5-15(22)16(23)9-14/h3-6,9-10,12,20H,7-8,11H2,1-2H3,(H,24,27)(H,25,26). The second kappa shape index (κ2) is 9.37. The van der Waals surface area contributed by atoms with Gasteiger partial charge in [-0.3, -0.25) is 9.59 Å². The Balaban J connectivity index is 1.62. The Morgan fingerprint density at radius 1 is 1.00 bits per heavy atom. The summed E-state index contributed by atoms with van der Waals surface area (Å²) < 4.78 is 11.2. The molecule has 154 valence electrons. The lowest BCUT2D eigenvalue weighted by atomic mass is 9.95. The summed E-state index contributed by atoms with van der Waals surface area (Å²) in [5.74, 6) is 0.794. The molecule has 1 aliphatic heterocycles. The van der Waals surface area contributed by atoms with Gasteiger partial charge in [-0.15, -0.1) is 0 Å². The highest BCUT2D eigenvalue weighted by atomic mass is 35.5. The number of rotatable bonds is 6. The van der Waals surface area contributed by atoms with E-state index >= 15 is 0 Å². The molecule has 2 aromatic rings. The van der Waals surface area contributed by atoms with Gasteiger partial charge in [0.25, 0.3) is 5.91 Å². The van der Waals surface area contributed by atoms with Crippen LogP contribution in [0.3, 0.4) is 0 Å². The van der Waals surface area contributed by atoms with Gasteiger partial charge < -0.3 is 20.1 Å². The van der Waals surface area contributed by atoms with Gasteiger partial charge in [0.05, 0.1) is 22.6 Å². The molecule has 0 saturated carbocycles. The Morgan fingerprint density at radius 2 is 1.72 bits per heavy atom. The van der Waals surface area contributed by atoms with Gasteiger partial charge in [-0.05, 0) is 41.8 Å². The summed E-state index contributed by atoms with van der Waals surface area (Å²) in [6.45, 7) is 4.88. The first-order valence-corrected chi connectivity index (χ1v) is 10.0. The summed E-state index contributed by atoms with van der Waals surface area (Å²) in [5.41, 5.74) is 1.24. The minimum absolute atomic E-state index is 0.132. The fourth-order valence-electron chi connectivity index (χ4n) is 3.01. The molecule has 6 nitrogen and oxygen atoms in total. The third kappa shape index (κ3) is 5.34. The van der Waals surface area contributed by atoms with Crippen molar-refractivity contribution in [3.63, 3.8) is 0 Å². The van der Waals surface area contributed by atoms with Crippen molar-refractivity contribution in [2.24, 2.45) is 5.92 Å². The molecule has 0 spiro atoms. The normalized spacial score (nSPS) is 13.7. The predicted molar refractivity (Wildman–Crippen MR) is 112 cm³/mol. The van der Waals surface area contributed by atoms with E-state index in [1.54, 1.807) is 6.07 Å². The Kier molecular flexibility index (Phi) is 6.87. The first-order chi connectivity index (χ1) is 13.8. The largest absolute Gasteiger partial charge is 0.486 e. The highest BCUT2D eigenvalue weighted by Gasteiger charge is 2.22. The molecule has 0 aromatic heterocycles. The average Bonchev–Trinajstić information content (AvgIpc) is 2.71. The van der Waals surface area contributed by atoms with Gasteiger partial charge in [-0.25, -0.2) is 0 Å². The molecule has 2 N–H and O–H groups in total. The molecule has 0 bridgehead atoms. The maximum absolute atomic E-state index is 12.4. The van der Waals surface area contributed by atoms with Gasteiger partial charge in [0.1, 0.15) is 13.2 Å². The topological polar surface area (TPSA) is 76.7 Å². The minimum atomic E-state index is -0.404. The monoisotopic (exact) mass is 436 g/mol. The van der Waals surface area contributed by atoms with E-state index in [9.17, 15) is 9.59 Å². The summed E-state index contributed by atoms with van der Waals surface area (Å²) in [7, 11) is 0. The van der Waals surface area contributed by atoms with Crippen LogP contribution in [0.15, 0.2) is 36.4 Å². The third-order valence-electron chi connectivity index (χ3n) is 4.50. The first kappa shape index (κ1) is 21.3. The number of hydrogen-bond donors (Lipinski definition) is 2. The van der Waals surface area contributed by atoms with E-state index in [4.69, 9.17) is 32.7 Å². The maximum Gasteiger partial charge on any atom is 0.251 e. The number of ether oxygens (including phenoxy) is 2. The Hall–Kier alpha value is -2.44. The van der Waals surface area contributed by atoms with Gasteiger partial charge in [-0.1, -0.05) is 43.1 Å². The number of carbonyl (C=O) groups excluding carboxylic acids is 2. The lowest BCUT2D eigenvalue weighted by molar-refractivity contribution is -0.121. The van der Waals surface area contributed by atoms with E-state index in [1.165, 1.54) is 12.1 Å². The second-order valence-corrected chi connectivity index (χ2v) is 7.82. The van der Waals surface area contributed by atoms with Crippen molar-refractivity contribution in [1.29, 1.82) is 0 Å². The van der Waals surface area contributed by atoms with Gasteiger partial charge >= 0.3 is 0 Å². The Bertz CT molecular complexity index is 918. The van der Waals surface area contributed by atoms with Gasteiger partial charge in [-0.2, -0.15) is 0 Å². The number of benzene rings is 2. The van der Waals surface area contributed by atoms with Crippen LogP contribution in [-0.2, 0) is 4.79 Å². The van der Waals surface area contributed by atoms with Crippen molar-refractivity contribution in [2.75, 3.05) is 19.8 Å². The SMILES string of the molecule is CC(C)C(NC(=O)CNC(=O)c1ccc(Cl)c(Cl)c1)c1ccc2c(c1)OCCO2. The third-order valence-corrected chi connectivity index (χ3v) is 5.24. The van der Waals surface area contributed by atoms with Gasteiger partial charge in [0.15, 0.2) is 11.5 Å². The predicted octanol–water partition coefficient (Wildman–Crippen LogP) is 4.01. The molecule has 1 heterocycles. The number of nitrogens with one attached hydrogen (secondary N) is 2. The number of halogens is 2. The van der Waals surface area contributed by atoms with E-state index < -0.39 is 5.91 Å². The summed E-state index contributed by atoms with van der Waals surface area (Å²) in [6.07, 6.45) is 0. The maximum atomic E-state index is 12.4. The van der Waals surface area contributed by atoms with Crippen molar-refractivity contribution >= 4 is 35.0 Å². The molecule has 8 heteroatoms. The molecule has 1 unspecified atom stereocenters. The van der Waals surface area contributed by atoms with Crippen LogP contribution in [0.25, 0.3) is 0 Å². The van der Waals surface area contributed by atoms with E-state index in [1.807, 2.05) is 32.0 Å². The molecule has 29 heavy (non-hydrogen) atoms. The van der Waals surface area contributed by atoms with Crippen LogP contribution in [0.5, 0.6) is 11.5 Å². The molecule has 0 aliphatic carbocycles. The van der Waals surface area contributed by atoms with Crippen LogP contribution in [0.1, 0.15) is 35.8 Å². The lowest BCUT2D eigenvalue weighted by Crippen LogP contribution is -2.40. The fraction of sp³-hybridized carbons (Fsp3) is 0.333. The van der Waals surface area contributed by atoms with Crippen LogP contribution >= 0.6 is 23.2 Å². The molecule has 1 aliphatic rings. The smallest absolute Gasteiger partial charge is 0.251 e.